The van der Waals surface area contributed by atoms with Crippen LogP contribution in [0.5, 0.6) is 0 Å². The van der Waals surface area contributed by atoms with Gasteiger partial charge in [0.1, 0.15) is 5.82 Å². The fourth-order valence-corrected chi connectivity index (χ4v) is 1.80. The van der Waals surface area contributed by atoms with Gasteiger partial charge in [-0.1, -0.05) is 22.7 Å². The molecule has 1 aromatic carbocycles. The van der Waals surface area contributed by atoms with E-state index in [-0.39, 0.29) is 16.1 Å². The van der Waals surface area contributed by atoms with Crippen LogP contribution in [0, 0.1) is 5.82 Å². The van der Waals surface area contributed by atoms with Crippen molar-refractivity contribution in [2.75, 3.05) is 7.11 Å². The van der Waals surface area contributed by atoms with E-state index in [1.54, 1.807) is 0 Å². The first kappa shape index (κ1) is 13.1. The number of carbonyl (C=O) groups is 1. The van der Waals surface area contributed by atoms with E-state index in [0.29, 0.717) is 0 Å². The van der Waals surface area contributed by atoms with Crippen molar-refractivity contribution in [1.29, 1.82) is 0 Å². The number of rotatable bonds is 3. The minimum atomic E-state index is -2.44. The molecule has 0 bridgehead atoms. The predicted octanol–water partition coefficient (Wildman–Crippen LogP) is 1.64. The topological polar surface area (TPSA) is 66.4 Å². The van der Waals surface area contributed by atoms with Gasteiger partial charge in [0.25, 0.3) is 0 Å². The van der Waals surface area contributed by atoms with E-state index in [0.717, 1.165) is 19.2 Å². The Morgan fingerprint density at radius 2 is 2.25 bits per heavy atom. The summed E-state index contributed by atoms with van der Waals surface area (Å²) >= 11 is 3.17. The van der Waals surface area contributed by atoms with E-state index in [1.165, 1.54) is 0 Å². The molecule has 7 heteroatoms. The van der Waals surface area contributed by atoms with Crippen molar-refractivity contribution in [2.45, 2.75) is 5.75 Å². The van der Waals surface area contributed by atoms with Crippen molar-refractivity contribution < 1.29 is 22.7 Å². The first-order valence-electron chi connectivity index (χ1n) is 4.07. The van der Waals surface area contributed by atoms with Crippen molar-refractivity contribution >= 4 is 28.7 Å². The Balaban J connectivity index is 3.21. The number of halogens is 2. The van der Waals surface area contributed by atoms with Gasteiger partial charge in [0.05, 0.1) is 17.7 Å². The molecule has 0 aromatic heterocycles. The van der Waals surface area contributed by atoms with Crippen LogP contribution in [0.25, 0.3) is 0 Å². The molecule has 1 unspecified atom stereocenters. The first-order chi connectivity index (χ1) is 7.45. The maximum Gasteiger partial charge on any atom is 0.339 e. The quantitative estimate of drug-likeness (QED) is 0.616. The number of carbonyl (C=O) groups excluding carboxylic acids is 1. The molecule has 1 atom stereocenters. The molecule has 4 nitrogen and oxygen atoms in total. The Kier molecular flexibility index (Phi) is 4.40. The van der Waals surface area contributed by atoms with Gasteiger partial charge >= 0.3 is 5.97 Å². The van der Waals surface area contributed by atoms with Crippen LogP contribution >= 0.6 is 11.6 Å². The molecule has 0 fully saturated rings. The maximum atomic E-state index is 13.2. The molecule has 1 rings (SSSR count). The van der Waals surface area contributed by atoms with Crippen molar-refractivity contribution in [3.05, 3.63) is 34.1 Å². The van der Waals surface area contributed by atoms with Gasteiger partial charge in [-0.2, -0.15) is 0 Å². The molecular weight excluding hydrogens is 259 g/mol. The second-order valence-corrected chi connectivity index (χ2v) is 4.17. The highest BCUT2D eigenvalue weighted by molar-refractivity contribution is 7.78. The summed E-state index contributed by atoms with van der Waals surface area (Å²) in [5, 5.41) is -0.121. The summed E-state index contributed by atoms with van der Waals surface area (Å²) in [6.45, 7) is 0. The summed E-state index contributed by atoms with van der Waals surface area (Å²) in [7, 11) is 1.15. The van der Waals surface area contributed by atoms with Gasteiger partial charge in [-0.15, -0.1) is 0 Å². The summed E-state index contributed by atoms with van der Waals surface area (Å²) in [5.41, 5.74) is -0.191. The molecule has 1 aromatic rings. The minimum Gasteiger partial charge on any atom is -0.772 e. The molecule has 0 radical (unpaired) electrons. The van der Waals surface area contributed by atoms with Crippen molar-refractivity contribution in [1.82, 2.24) is 0 Å². The minimum absolute atomic E-state index is 0.0639. The van der Waals surface area contributed by atoms with Gasteiger partial charge in [0, 0.05) is 11.3 Å². The van der Waals surface area contributed by atoms with Gasteiger partial charge in [0.15, 0.2) is 0 Å². The fraction of sp³-hybridized carbons (Fsp3) is 0.222. The molecule has 88 valence electrons. The van der Waals surface area contributed by atoms with E-state index in [9.17, 15) is 17.9 Å². The highest BCUT2D eigenvalue weighted by atomic mass is 35.5. The molecule has 0 heterocycles. The van der Waals surface area contributed by atoms with Crippen LogP contribution in [0.4, 0.5) is 4.39 Å². The van der Waals surface area contributed by atoms with Crippen LogP contribution in [0.1, 0.15) is 15.9 Å². The lowest BCUT2D eigenvalue weighted by Gasteiger charge is -2.09. The average Bonchev–Trinajstić information content (AvgIpc) is 2.20. The normalized spacial score (nSPS) is 12.2. The lowest BCUT2D eigenvalue weighted by molar-refractivity contribution is 0.0600. The zero-order valence-electron chi connectivity index (χ0n) is 8.16. The van der Waals surface area contributed by atoms with E-state index < -0.39 is 28.6 Å². The molecule has 0 N–H and O–H groups in total. The second kappa shape index (κ2) is 5.38. The van der Waals surface area contributed by atoms with Crippen molar-refractivity contribution in [2.24, 2.45) is 0 Å². The summed E-state index contributed by atoms with van der Waals surface area (Å²) in [5.74, 6) is -2.04. The largest absolute Gasteiger partial charge is 0.772 e. The third-order valence-corrected chi connectivity index (χ3v) is 2.67. The Labute approximate surface area is 98.6 Å². The Morgan fingerprint density at radius 3 is 2.75 bits per heavy atom. The lowest BCUT2D eigenvalue weighted by Crippen LogP contribution is -2.06. The summed E-state index contributed by atoms with van der Waals surface area (Å²) < 4.78 is 38.5. The number of ether oxygens (including phenoxy) is 1. The summed E-state index contributed by atoms with van der Waals surface area (Å²) in [6.07, 6.45) is 0. The van der Waals surface area contributed by atoms with Crippen molar-refractivity contribution in [3.8, 4) is 0 Å². The fourth-order valence-electron chi connectivity index (χ4n) is 1.10. The standard InChI is InChI=1S/C9H8ClFO4S/c1-15-9(12)6-2-5(4-16(13)14)8(11)3-7(6)10/h2-3H,4H2,1H3,(H,13,14)/p-1. The lowest BCUT2D eigenvalue weighted by atomic mass is 10.1. The van der Waals surface area contributed by atoms with Crippen LogP contribution in [0.3, 0.4) is 0 Å². The van der Waals surface area contributed by atoms with Crippen LogP contribution in [0.15, 0.2) is 12.1 Å². The molecule has 0 spiro atoms. The van der Waals surface area contributed by atoms with Gasteiger partial charge in [0.2, 0.25) is 0 Å². The zero-order chi connectivity index (χ0) is 12.3. The zero-order valence-corrected chi connectivity index (χ0v) is 9.73. The molecule has 0 aliphatic heterocycles. The number of esters is 1. The monoisotopic (exact) mass is 265 g/mol. The number of methoxy groups -OCH3 is 1. The SMILES string of the molecule is COC(=O)c1cc(CS(=O)[O-])c(F)cc1Cl. The van der Waals surface area contributed by atoms with Crippen LogP contribution < -0.4 is 0 Å². The third kappa shape index (κ3) is 3.01. The van der Waals surface area contributed by atoms with E-state index >= 15 is 0 Å². The third-order valence-electron chi connectivity index (χ3n) is 1.81. The second-order valence-electron chi connectivity index (χ2n) is 2.86. The number of hydrogen-bond donors (Lipinski definition) is 0. The average molecular weight is 266 g/mol. The summed E-state index contributed by atoms with van der Waals surface area (Å²) in [6, 6.07) is 1.95. The highest BCUT2D eigenvalue weighted by Gasteiger charge is 2.15. The molecule has 0 saturated heterocycles. The first-order valence-corrected chi connectivity index (χ1v) is 5.70. The number of hydrogen-bond acceptors (Lipinski definition) is 4. The maximum absolute atomic E-state index is 13.2. The molecule has 0 saturated carbocycles. The Morgan fingerprint density at radius 1 is 1.62 bits per heavy atom. The van der Waals surface area contributed by atoms with E-state index in [2.05, 4.69) is 4.74 Å². The van der Waals surface area contributed by atoms with Gasteiger partial charge < -0.3 is 9.29 Å². The van der Waals surface area contributed by atoms with Crippen LogP contribution in [-0.4, -0.2) is 21.8 Å². The van der Waals surface area contributed by atoms with E-state index in [4.69, 9.17) is 11.6 Å². The smallest absolute Gasteiger partial charge is 0.339 e. The summed E-state index contributed by atoms with van der Waals surface area (Å²) in [4.78, 5) is 11.2. The molecule has 0 aliphatic rings. The van der Waals surface area contributed by atoms with Crippen LogP contribution in [-0.2, 0) is 21.6 Å². The molecule has 16 heavy (non-hydrogen) atoms. The van der Waals surface area contributed by atoms with Gasteiger partial charge in [-0.3, -0.25) is 4.21 Å². The Bertz CT molecular complexity index is 449. The van der Waals surface area contributed by atoms with Gasteiger partial charge in [-0.25, -0.2) is 9.18 Å². The molecule has 0 amide bonds. The molecular formula is C9H7ClFO4S-. The van der Waals surface area contributed by atoms with Crippen molar-refractivity contribution in [3.63, 3.8) is 0 Å². The number of benzene rings is 1. The van der Waals surface area contributed by atoms with Crippen LogP contribution in [0.2, 0.25) is 5.02 Å². The Hall–Kier alpha value is -0.980. The van der Waals surface area contributed by atoms with Gasteiger partial charge in [-0.05, 0) is 12.1 Å². The van der Waals surface area contributed by atoms with E-state index in [1.807, 2.05) is 0 Å². The predicted molar refractivity (Wildman–Crippen MR) is 55.4 cm³/mol. The molecule has 0 aliphatic carbocycles. The highest BCUT2D eigenvalue weighted by Crippen LogP contribution is 2.22.